The van der Waals surface area contributed by atoms with Gasteiger partial charge in [-0.25, -0.2) is 4.98 Å². The van der Waals surface area contributed by atoms with E-state index in [9.17, 15) is 9.59 Å². The molecule has 5 nitrogen and oxygen atoms in total. The number of hydrogen-bond acceptors (Lipinski definition) is 4. The second-order valence-electron chi connectivity index (χ2n) is 6.49. The summed E-state index contributed by atoms with van der Waals surface area (Å²) in [4.78, 5) is 30.7. The van der Waals surface area contributed by atoms with Gasteiger partial charge in [0.1, 0.15) is 5.01 Å². The normalized spacial score (nSPS) is 12.2. The number of amides is 2. The molecule has 1 aromatic heterocycles. The maximum absolute atomic E-state index is 12.5. The van der Waals surface area contributed by atoms with Gasteiger partial charge in [0.25, 0.3) is 0 Å². The zero-order valence-electron chi connectivity index (χ0n) is 16.0. The van der Waals surface area contributed by atoms with Gasteiger partial charge in [0.15, 0.2) is 0 Å². The zero-order chi connectivity index (χ0) is 19.9. The van der Waals surface area contributed by atoms with Crippen LogP contribution in [0.4, 0.5) is 0 Å². The third-order valence-corrected chi connectivity index (χ3v) is 5.71. The van der Waals surface area contributed by atoms with E-state index in [0.717, 1.165) is 20.8 Å². The highest BCUT2D eigenvalue weighted by molar-refractivity contribution is 7.18. The van der Waals surface area contributed by atoms with Gasteiger partial charge in [-0.1, -0.05) is 42.5 Å². The van der Waals surface area contributed by atoms with E-state index >= 15 is 0 Å². The quantitative estimate of drug-likeness (QED) is 0.617. The third-order valence-electron chi connectivity index (χ3n) is 4.51. The van der Waals surface area contributed by atoms with E-state index in [2.05, 4.69) is 10.3 Å². The number of hydrogen-bond donors (Lipinski definition) is 1. The molecule has 0 saturated carbocycles. The number of rotatable bonds is 7. The number of thiazole rings is 1. The lowest BCUT2D eigenvalue weighted by atomic mass is 10.2. The Morgan fingerprint density at radius 3 is 2.61 bits per heavy atom. The number of carbonyl (C=O) groups excluding carboxylic acids is 2. The van der Waals surface area contributed by atoms with Crippen LogP contribution in [0, 0.1) is 0 Å². The Labute approximate surface area is 168 Å². The van der Waals surface area contributed by atoms with Gasteiger partial charge in [0.2, 0.25) is 11.8 Å². The first kappa shape index (κ1) is 19.8. The first-order chi connectivity index (χ1) is 13.5. The molecule has 144 valence electrons. The predicted octanol–water partition coefficient (Wildman–Crippen LogP) is 4.04. The van der Waals surface area contributed by atoms with Crippen molar-refractivity contribution in [3.05, 3.63) is 71.2 Å². The summed E-state index contributed by atoms with van der Waals surface area (Å²) in [5, 5.41) is 3.66. The summed E-state index contributed by atoms with van der Waals surface area (Å²) in [6.07, 6.45) is 3.47. The average Bonchev–Trinajstić information content (AvgIpc) is 3.16. The molecule has 1 heterocycles. The number of para-hydroxylation sites is 1. The van der Waals surface area contributed by atoms with E-state index in [1.807, 2.05) is 61.5 Å². The standard InChI is InChI=1S/C22H23N3O2S/c1-16(22-24-18-10-6-7-11-19(18)28-22)25(2)21(27)14-15-23-20(26)13-12-17-8-4-3-5-9-17/h3-13,16H,14-15H2,1-2H3,(H,23,26)/b13-12+/t16-/m0/s1. The van der Waals surface area contributed by atoms with Crippen molar-refractivity contribution in [3.8, 4) is 0 Å². The Morgan fingerprint density at radius 2 is 1.86 bits per heavy atom. The molecule has 0 saturated heterocycles. The van der Waals surface area contributed by atoms with Gasteiger partial charge in [-0.3, -0.25) is 9.59 Å². The summed E-state index contributed by atoms with van der Waals surface area (Å²) in [5.74, 6) is -0.238. The Kier molecular flexibility index (Phi) is 6.55. The van der Waals surface area contributed by atoms with E-state index in [1.54, 1.807) is 29.4 Å². The monoisotopic (exact) mass is 393 g/mol. The van der Waals surface area contributed by atoms with Crippen LogP contribution < -0.4 is 5.32 Å². The van der Waals surface area contributed by atoms with Gasteiger partial charge < -0.3 is 10.2 Å². The van der Waals surface area contributed by atoms with E-state index in [0.29, 0.717) is 6.54 Å². The molecule has 2 amide bonds. The van der Waals surface area contributed by atoms with Crippen molar-refractivity contribution < 1.29 is 9.59 Å². The maximum Gasteiger partial charge on any atom is 0.244 e. The van der Waals surface area contributed by atoms with Gasteiger partial charge in [0, 0.05) is 26.1 Å². The lowest BCUT2D eigenvalue weighted by Crippen LogP contribution is -2.33. The molecule has 0 bridgehead atoms. The van der Waals surface area contributed by atoms with Crippen LogP contribution in [0.2, 0.25) is 0 Å². The summed E-state index contributed by atoms with van der Waals surface area (Å²) >= 11 is 1.60. The molecule has 0 aliphatic carbocycles. The first-order valence-corrected chi connectivity index (χ1v) is 9.98. The average molecular weight is 394 g/mol. The van der Waals surface area contributed by atoms with E-state index in [-0.39, 0.29) is 24.3 Å². The summed E-state index contributed by atoms with van der Waals surface area (Å²) in [5.41, 5.74) is 1.91. The minimum atomic E-state index is -0.210. The maximum atomic E-state index is 12.5. The van der Waals surface area contributed by atoms with Crippen LogP contribution in [-0.4, -0.2) is 35.3 Å². The van der Waals surface area contributed by atoms with Crippen LogP contribution in [0.5, 0.6) is 0 Å². The van der Waals surface area contributed by atoms with Crippen molar-refractivity contribution in [2.75, 3.05) is 13.6 Å². The minimum Gasteiger partial charge on any atom is -0.352 e. The molecule has 1 N–H and O–H groups in total. The van der Waals surface area contributed by atoms with Crippen molar-refractivity contribution in [1.82, 2.24) is 15.2 Å². The van der Waals surface area contributed by atoms with Crippen molar-refractivity contribution in [3.63, 3.8) is 0 Å². The summed E-state index contributed by atoms with van der Waals surface area (Å²) < 4.78 is 1.11. The highest BCUT2D eigenvalue weighted by Gasteiger charge is 2.20. The van der Waals surface area contributed by atoms with Gasteiger partial charge in [-0.05, 0) is 30.7 Å². The Morgan fingerprint density at radius 1 is 1.14 bits per heavy atom. The summed E-state index contributed by atoms with van der Waals surface area (Å²) in [7, 11) is 1.77. The second kappa shape index (κ2) is 9.28. The Hall–Kier alpha value is -2.99. The first-order valence-electron chi connectivity index (χ1n) is 9.16. The molecular formula is C22H23N3O2S. The fourth-order valence-electron chi connectivity index (χ4n) is 2.71. The molecule has 3 aromatic rings. The van der Waals surface area contributed by atoms with Crippen LogP contribution in [0.25, 0.3) is 16.3 Å². The van der Waals surface area contributed by atoms with Gasteiger partial charge in [-0.15, -0.1) is 11.3 Å². The lowest BCUT2D eigenvalue weighted by Gasteiger charge is -2.23. The van der Waals surface area contributed by atoms with E-state index < -0.39 is 0 Å². The fourth-order valence-corrected chi connectivity index (χ4v) is 3.78. The van der Waals surface area contributed by atoms with E-state index in [4.69, 9.17) is 0 Å². The van der Waals surface area contributed by atoms with Crippen LogP contribution in [0.3, 0.4) is 0 Å². The molecule has 0 aliphatic rings. The van der Waals surface area contributed by atoms with Gasteiger partial charge in [0.05, 0.1) is 16.3 Å². The van der Waals surface area contributed by atoms with Crippen LogP contribution in [-0.2, 0) is 9.59 Å². The van der Waals surface area contributed by atoms with Crippen LogP contribution in [0.15, 0.2) is 60.7 Å². The molecule has 0 spiro atoms. The van der Waals surface area contributed by atoms with Crippen molar-refractivity contribution >= 4 is 39.4 Å². The number of fused-ring (bicyclic) bond motifs is 1. The molecule has 1 atom stereocenters. The van der Waals surface area contributed by atoms with Crippen molar-refractivity contribution in [2.24, 2.45) is 0 Å². The SMILES string of the molecule is C[C@@H](c1nc2ccccc2s1)N(C)C(=O)CCNC(=O)/C=C/c1ccccc1. The molecule has 2 aromatic carbocycles. The van der Waals surface area contributed by atoms with Crippen molar-refractivity contribution in [2.45, 2.75) is 19.4 Å². The van der Waals surface area contributed by atoms with Crippen molar-refractivity contribution in [1.29, 1.82) is 0 Å². The molecule has 0 radical (unpaired) electrons. The van der Waals surface area contributed by atoms with Gasteiger partial charge in [-0.2, -0.15) is 0 Å². The number of benzene rings is 2. The second-order valence-corrected chi connectivity index (χ2v) is 7.55. The molecule has 0 unspecified atom stereocenters. The Bertz CT molecular complexity index is 949. The van der Waals surface area contributed by atoms with Crippen LogP contribution in [0.1, 0.15) is 30.0 Å². The highest BCUT2D eigenvalue weighted by Crippen LogP contribution is 2.28. The number of carbonyl (C=O) groups is 2. The number of aromatic nitrogens is 1. The molecule has 0 aliphatic heterocycles. The smallest absolute Gasteiger partial charge is 0.244 e. The van der Waals surface area contributed by atoms with E-state index in [1.165, 1.54) is 6.08 Å². The molecular weight excluding hydrogens is 370 g/mol. The summed E-state index contributed by atoms with van der Waals surface area (Å²) in [6, 6.07) is 17.4. The Balaban J connectivity index is 1.48. The number of nitrogens with zero attached hydrogens (tertiary/aromatic N) is 2. The predicted molar refractivity (Wildman–Crippen MR) is 114 cm³/mol. The lowest BCUT2D eigenvalue weighted by molar-refractivity contribution is -0.131. The molecule has 6 heteroatoms. The largest absolute Gasteiger partial charge is 0.352 e. The van der Waals surface area contributed by atoms with Crippen LogP contribution >= 0.6 is 11.3 Å². The topological polar surface area (TPSA) is 62.3 Å². The third kappa shape index (κ3) is 5.04. The highest BCUT2D eigenvalue weighted by atomic mass is 32.1. The fraction of sp³-hybridized carbons (Fsp3) is 0.227. The molecule has 28 heavy (non-hydrogen) atoms. The van der Waals surface area contributed by atoms with Gasteiger partial charge >= 0.3 is 0 Å². The zero-order valence-corrected chi connectivity index (χ0v) is 16.8. The molecule has 0 fully saturated rings. The summed E-state index contributed by atoms with van der Waals surface area (Å²) in [6.45, 7) is 2.27. The molecule has 3 rings (SSSR count). The minimum absolute atomic E-state index is 0.0286. The number of nitrogens with one attached hydrogen (secondary N) is 1.